The first-order chi connectivity index (χ1) is 11.1. The summed E-state index contributed by atoms with van der Waals surface area (Å²) >= 11 is 0. The topological polar surface area (TPSA) is 46.5 Å². The summed E-state index contributed by atoms with van der Waals surface area (Å²) in [4.78, 5) is 11.5. The molecule has 3 nitrogen and oxygen atoms in total. The summed E-state index contributed by atoms with van der Waals surface area (Å²) in [5.41, 5.74) is 1.81. The Balaban J connectivity index is 2.14. The molecular formula is C21H36O3. The molecule has 2 aliphatic rings. The molecule has 0 radical (unpaired) electrons. The van der Waals surface area contributed by atoms with E-state index in [1.807, 2.05) is 0 Å². The Morgan fingerprint density at radius 1 is 1.38 bits per heavy atom. The minimum absolute atomic E-state index is 0.114. The molecule has 0 spiro atoms. The number of carbonyl (C=O) groups is 1. The first kappa shape index (κ1) is 19.5. The summed E-state index contributed by atoms with van der Waals surface area (Å²) in [6.45, 7) is 11.4. The molecule has 2 aliphatic carbocycles. The largest absolute Gasteiger partial charge is 0.469 e. The average molecular weight is 337 g/mol. The molecule has 3 heteroatoms. The van der Waals surface area contributed by atoms with Gasteiger partial charge in [-0.3, -0.25) is 4.79 Å². The molecule has 24 heavy (non-hydrogen) atoms. The van der Waals surface area contributed by atoms with Gasteiger partial charge in [-0.05, 0) is 67.6 Å². The fraction of sp³-hybridized carbons (Fsp3) is 0.857. The number of hydrogen-bond donors (Lipinski definition) is 1. The molecule has 1 saturated carbocycles. The number of carbonyl (C=O) groups excluding carboxylic acids is 1. The number of fused-ring (bicyclic) bond motifs is 1. The second-order valence-electron chi connectivity index (χ2n) is 9.31. The van der Waals surface area contributed by atoms with Crippen LogP contribution < -0.4 is 0 Å². The minimum Gasteiger partial charge on any atom is -0.469 e. The van der Waals surface area contributed by atoms with Crippen molar-refractivity contribution >= 4 is 5.97 Å². The van der Waals surface area contributed by atoms with Gasteiger partial charge in [0.15, 0.2) is 0 Å². The molecule has 0 bridgehead atoms. The van der Waals surface area contributed by atoms with E-state index in [9.17, 15) is 9.90 Å². The molecule has 2 rings (SSSR count). The first-order valence-electron chi connectivity index (χ1n) is 9.51. The van der Waals surface area contributed by atoms with Gasteiger partial charge < -0.3 is 9.84 Å². The molecule has 0 aliphatic heterocycles. The van der Waals surface area contributed by atoms with Crippen LogP contribution >= 0.6 is 0 Å². The third-order valence-electron chi connectivity index (χ3n) is 6.89. The Morgan fingerprint density at radius 2 is 2.04 bits per heavy atom. The van der Waals surface area contributed by atoms with Gasteiger partial charge in [0.25, 0.3) is 0 Å². The SMILES string of the molecule is COC(=O)C[C@H](C)CC[C@H]1C(C)=CC[C@@H]2C(C)(C)C[C@@H](O)C[C@]21C. The number of hydrogen-bond acceptors (Lipinski definition) is 3. The smallest absolute Gasteiger partial charge is 0.305 e. The molecule has 0 aromatic rings. The summed E-state index contributed by atoms with van der Waals surface area (Å²) in [5.74, 6) is 1.36. The van der Waals surface area contributed by atoms with E-state index in [-0.39, 0.29) is 22.9 Å². The Kier molecular flexibility index (Phi) is 5.84. The standard InChI is InChI=1S/C21H36O3/c1-14(11-19(23)24-6)7-9-17-15(2)8-10-18-20(3,4)12-16(22)13-21(17,18)5/h8,14,16-18,22H,7,9-13H2,1-6H3/t14-,16-,17+,18-,21+/m1/s1. The lowest BCUT2D eigenvalue weighted by atomic mass is 9.47. The van der Waals surface area contributed by atoms with Crippen LogP contribution in [0.4, 0.5) is 0 Å². The second-order valence-corrected chi connectivity index (χ2v) is 9.31. The first-order valence-corrected chi connectivity index (χ1v) is 9.51. The maximum Gasteiger partial charge on any atom is 0.305 e. The Labute approximate surface area is 147 Å². The van der Waals surface area contributed by atoms with E-state index in [1.54, 1.807) is 0 Å². The van der Waals surface area contributed by atoms with E-state index < -0.39 is 0 Å². The number of ether oxygens (including phenoxy) is 1. The maximum absolute atomic E-state index is 11.5. The van der Waals surface area contributed by atoms with Crippen molar-refractivity contribution < 1.29 is 14.6 Å². The van der Waals surface area contributed by atoms with Crippen LogP contribution in [-0.2, 0) is 9.53 Å². The van der Waals surface area contributed by atoms with Crippen molar-refractivity contribution in [1.82, 2.24) is 0 Å². The van der Waals surface area contributed by atoms with Crippen molar-refractivity contribution in [2.24, 2.45) is 28.6 Å². The Morgan fingerprint density at radius 3 is 2.67 bits per heavy atom. The highest BCUT2D eigenvalue weighted by atomic mass is 16.5. The van der Waals surface area contributed by atoms with Crippen LogP contribution in [0.5, 0.6) is 0 Å². The molecule has 5 atom stereocenters. The molecule has 0 amide bonds. The predicted molar refractivity (Wildman–Crippen MR) is 97.5 cm³/mol. The number of allylic oxidation sites excluding steroid dienone is 2. The third-order valence-corrected chi connectivity index (χ3v) is 6.89. The molecule has 1 fully saturated rings. The van der Waals surface area contributed by atoms with E-state index in [1.165, 1.54) is 12.7 Å². The number of esters is 1. The van der Waals surface area contributed by atoms with Crippen molar-refractivity contribution in [3.8, 4) is 0 Å². The van der Waals surface area contributed by atoms with Gasteiger partial charge in [0.1, 0.15) is 0 Å². The number of methoxy groups -OCH3 is 1. The van der Waals surface area contributed by atoms with Crippen molar-refractivity contribution in [3.63, 3.8) is 0 Å². The molecule has 0 aromatic heterocycles. The zero-order valence-electron chi connectivity index (χ0n) is 16.4. The molecular weight excluding hydrogens is 300 g/mol. The lowest BCUT2D eigenvalue weighted by Gasteiger charge is -2.58. The van der Waals surface area contributed by atoms with E-state index >= 15 is 0 Å². The van der Waals surface area contributed by atoms with Gasteiger partial charge in [0.05, 0.1) is 13.2 Å². The Hall–Kier alpha value is -0.830. The lowest BCUT2D eigenvalue weighted by Crippen LogP contribution is -2.52. The summed E-state index contributed by atoms with van der Waals surface area (Å²) < 4.78 is 4.80. The second kappa shape index (κ2) is 7.19. The van der Waals surface area contributed by atoms with Gasteiger partial charge in [0.2, 0.25) is 0 Å². The van der Waals surface area contributed by atoms with Gasteiger partial charge >= 0.3 is 5.97 Å². The highest BCUT2D eigenvalue weighted by Gasteiger charge is 2.53. The maximum atomic E-state index is 11.5. The minimum atomic E-state index is -0.192. The van der Waals surface area contributed by atoms with Crippen LogP contribution in [0.3, 0.4) is 0 Å². The van der Waals surface area contributed by atoms with E-state index in [2.05, 4.69) is 40.7 Å². The molecule has 0 saturated heterocycles. The van der Waals surface area contributed by atoms with Gasteiger partial charge in [-0.15, -0.1) is 0 Å². The lowest BCUT2D eigenvalue weighted by molar-refractivity contribution is -0.141. The van der Waals surface area contributed by atoms with Crippen LogP contribution in [-0.4, -0.2) is 24.3 Å². The van der Waals surface area contributed by atoms with Crippen molar-refractivity contribution in [2.75, 3.05) is 7.11 Å². The molecule has 0 unspecified atom stereocenters. The van der Waals surface area contributed by atoms with E-state index in [4.69, 9.17) is 4.74 Å². The Bertz CT molecular complexity index is 493. The van der Waals surface area contributed by atoms with Crippen LogP contribution in [0.1, 0.15) is 73.1 Å². The van der Waals surface area contributed by atoms with E-state index in [0.29, 0.717) is 24.2 Å². The quantitative estimate of drug-likeness (QED) is 0.583. The van der Waals surface area contributed by atoms with Crippen molar-refractivity contribution in [1.29, 1.82) is 0 Å². The van der Waals surface area contributed by atoms with Gasteiger partial charge in [-0.1, -0.05) is 39.3 Å². The number of aliphatic hydroxyl groups excluding tert-OH is 1. The van der Waals surface area contributed by atoms with Gasteiger partial charge in [0, 0.05) is 6.42 Å². The molecule has 0 heterocycles. The summed E-state index contributed by atoms with van der Waals surface area (Å²) in [6.07, 6.45) is 7.81. The van der Waals surface area contributed by atoms with Crippen LogP contribution in [0.25, 0.3) is 0 Å². The summed E-state index contributed by atoms with van der Waals surface area (Å²) in [6, 6.07) is 0. The van der Waals surface area contributed by atoms with Gasteiger partial charge in [-0.2, -0.15) is 0 Å². The number of aliphatic hydroxyl groups is 1. The average Bonchev–Trinajstić information content (AvgIpc) is 2.44. The summed E-state index contributed by atoms with van der Waals surface area (Å²) in [7, 11) is 1.46. The zero-order chi connectivity index (χ0) is 18.1. The van der Waals surface area contributed by atoms with Gasteiger partial charge in [-0.25, -0.2) is 0 Å². The van der Waals surface area contributed by atoms with Crippen molar-refractivity contribution in [2.45, 2.75) is 79.2 Å². The summed E-state index contributed by atoms with van der Waals surface area (Å²) in [5, 5.41) is 10.5. The number of rotatable bonds is 5. The normalized spacial score (nSPS) is 36.5. The van der Waals surface area contributed by atoms with Crippen LogP contribution in [0.15, 0.2) is 11.6 Å². The van der Waals surface area contributed by atoms with E-state index in [0.717, 1.165) is 32.1 Å². The third kappa shape index (κ3) is 3.87. The monoisotopic (exact) mass is 336 g/mol. The fourth-order valence-electron chi connectivity index (χ4n) is 5.78. The highest BCUT2D eigenvalue weighted by Crippen LogP contribution is 2.60. The highest BCUT2D eigenvalue weighted by molar-refractivity contribution is 5.69. The molecule has 138 valence electrons. The van der Waals surface area contributed by atoms with Crippen LogP contribution in [0.2, 0.25) is 0 Å². The van der Waals surface area contributed by atoms with Crippen LogP contribution in [0, 0.1) is 28.6 Å². The zero-order valence-corrected chi connectivity index (χ0v) is 16.4. The molecule has 0 aromatic carbocycles. The fourth-order valence-corrected chi connectivity index (χ4v) is 5.78. The van der Waals surface area contributed by atoms with Crippen molar-refractivity contribution in [3.05, 3.63) is 11.6 Å². The predicted octanol–water partition coefficient (Wildman–Crippen LogP) is 4.74. The molecule has 1 N–H and O–H groups in total.